The summed E-state index contributed by atoms with van der Waals surface area (Å²) in [5.41, 5.74) is 0.686. The van der Waals surface area contributed by atoms with E-state index in [0.717, 1.165) is 18.0 Å². The molecule has 78 valence electrons. The molecule has 0 aliphatic rings. The summed E-state index contributed by atoms with van der Waals surface area (Å²) in [7, 11) is 4.04. The second-order valence-corrected chi connectivity index (χ2v) is 4.43. The summed E-state index contributed by atoms with van der Waals surface area (Å²) in [6.07, 6.45) is 0. The molecule has 0 radical (unpaired) electrons. The molecule has 0 bridgehead atoms. The van der Waals surface area contributed by atoms with Crippen LogP contribution in [0.4, 0.5) is 0 Å². The largest absolute Gasteiger partial charge is 0.309 e. The lowest BCUT2D eigenvalue weighted by Gasteiger charge is -2.07. The van der Waals surface area contributed by atoms with E-state index >= 15 is 0 Å². The zero-order valence-electron chi connectivity index (χ0n) is 8.70. The summed E-state index contributed by atoms with van der Waals surface area (Å²) < 4.78 is 0. The van der Waals surface area contributed by atoms with Gasteiger partial charge in [-0.1, -0.05) is 11.8 Å². The fraction of sp³-hybridized carbons (Fsp3) is 0.556. The maximum absolute atomic E-state index is 11.1. The standard InChI is InChI=1S/C9H15N3OS/c1-7-6-8(13)11-9(10-7)14-5-4-12(2)3/h6H,4-5H2,1-3H3,(H,10,11,13). The maximum atomic E-state index is 11.1. The Balaban J connectivity index is 2.55. The molecule has 0 saturated carbocycles. The zero-order valence-corrected chi connectivity index (χ0v) is 9.52. The molecule has 4 nitrogen and oxygen atoms in total. The fourth-order valence-corrected chi connectivity index (χ4v) is 1.98. The third-order valence-electron chi connectivity index (χ3n) is 1.63. The van der Waals surface area contributed by atoms with Crippen LogP contribution in [0.5, 0.6) is 0 Å². The molecule has 0 aliphatic carbocycles. The van der Waals surface area contributed by atoms with Crippen LogP contribution in [-0.4, -0.2) is 41.3 Å². The number of hydrogen-bond acceptors (Lipinski definition) is 4. The Morgan fingerprint density at radius 3 is 2.86 bits per heavy atom. The monoisotopic (exact) mass is 213 g/mol. The molecule has 0 unspecified atom stereocenters. The first-order chi connectivity index (χ1) is 6.58. The van der Waals surface area contributed by atoms with Gasteiger partial charge in [-0.15, -0.1) is 0 Å². The molecule has 14 heavy (non-hydrogen) atoms. The highest BCUT2D eigenvalue weighted by atomic mass is 32.2. The average molecular weight is 213 g/mol. The molecular formula is C9H15N3OS. The smallest absolute Gasteiger partial charge is 0.251 e. The van der Waals surface area contributed by atoms with Gasteiger partial charge in [-0.05, 0) is 21.0 Å². The number of hydrogen-bond donors (Lipinski definition) is 1. The highest BCUT2D eigenvalue weighted by Gasteiger charge is 1.99. The van der Waals surface area contributed by atoms with E-state index in [4.69, 9.17) is 0 Å². The summed E-state index contributed by atoms with van der Waals surface area (Å²) in [5.74, 6) is 0.930. The van der Waals surface area contributed by atoms with Crippen molar-refractivity contribution in [3.8, 4) is 0 Å². The Kier molecular flexibility index (Phi) is 4.16. The van der Waals surface area contributed by atoms with Gasteiger partial charge in [0.15, 0.2) is 5.16 Å². The third kappa shape index (κ3) is 3.93. The molecular weight excluding hydrogens is 198 g/mol. The topological polar surface area (TPSA) is 49.0 Å². The van der Waals surface area contributed by atoms with Gasteiger partial charge >= 0.3 is 0 Å². The number of thioether (sulfide) groups is 1. The summed E-state index contributed by atoms with van der Waals surface area (Å²) in [6.45, 7) is 2.80. The van der Waals surface area contributed by atoms with Gasteiger partial charge in [0.1, 0.15) is 0 Å². The van der Waals surface area contributed by atoms with Crippen molar-refractivity contribution in [2.24, 2.45) is 0 Å². The van der Waals surface area contributed by atoms with Gasteiger partial charge < -0.3 is 9.88 Å². The third-order valence-corrected chi connectivity index (χ3v) is 2.48. The van der Waals surface area contributed by atoms with Crippen molar-refractivity contribution < 1.29 is 0 Å². The molecule has 5 heteroatoms. The van der Waals surface area contributed by atoms with Gasteiger partial charge in [0.25, 0.3) is 5.56 Å². The molecule has 1 heterocycles. The summed E-state index contributed by atoms with van der Waals surface area (Å²) >= 11 is 1.57. The molecule has 1 rings (SSSR count). The zero-order chi connectivity index (χ0) is 10.6. The van der Waals surface area contributed by atoms with E-state index in [9.17, 15) is 4.79 Å². The van der Waals surface area contributed by atoms with Crippen molar-refractivity contribution in [3.63, 3.8) is 0 Å². The molecule has 0 aromatic carbocycles. The van der Waals surface area contributed by atoms with Crippen molar-refractivity contribution in [1.29, 1.82) is 0 Å². The number of H-pyrrole nitrogens is 1. The minimum absolute atomic E-state index is 0.0788. The predicted molar refractivity (Wildman–Crippen MR) is 58.9 cm³/mol. The molecule has 0 atom stereocenters. The molecule has 1 aromatic rings. The van der Waals surface area contributed by atoms with Crippen LogP contribution in [0.25, 0.3) is 0 Å². The predicted octanol–water partition coefficient (Wildman–Crippen LogP) is 0.732. The van der Waals surface area contributed by atoms with E-state index in [1.165, 1.54) is 6.07 Å². The highest BCUT2D eigenvalue weighted by Crippen LogP contribution is 2.10. The van der Waals surface area contributed by atoms with Gasteiger partial charge in [0, 0.05) is 24.1 Å². The van der Waals surface area contributed by atoms with Crippen LogP contribution in [0.15, 0.2) is 16.0 Å². The Bertz CT molecular complexity index is 348. The minimum atomic E-state index is -0.0788. The number of nitrogens with one attached hydrogen (secondary N) is 1. The molecule has 0 saturated heterocycles. The molecule has 0 fully saturated rings. The lowest BCUT2D eigenvalue weighted by molar-refractivity contribution is 0.437. The van der Waals surface area contributed by atoms with Gasteiger partial charge in [0.2, 0.25) is 0 Å². The van der Waals surface area contributed by atoms with Crippen LogP contribution in [0.1, 0.15) is 5.69 Å². The number of aromatic amines is 1. The molecule has 0 spiro atoms. The first kappa shape index (κ1) is 11.3. The lowest BCUT2D eigenvalue weighted by atomic mass is 10.5. The van der Waals surface area contributed by atoms with E-state index in [1.807, 2.05) is 21.0 Å². The molecule has 1 N–H and O–H groups in total. The van der Waals surface area contributed by atoms with Crippen LogP contribution >= 0.6 is 11.8 Å². The van der Waals surface area contributed by atoms with Crippen molar-refractivity contribution in [1.82, 2.24) is 14.9 Å². The van der Waals surface area contributed by atoms with Crippen molar-refractivity contribution in [2.75, 3.05) is 26.4 Å². The second-order valence-electron chi connectivity index (χ2n) is 3.34. The van der Waals surface area contributed by atoms with Gasteiger partial charge in [0.05, 0.1) is 0 Å². The summed E-state index contributed by atoms with van der Waals surface area (Å²) in [4.78, 5) is 20.1. The Labute approximate surface area is 87.7 Å². The van der Waals surface area contributed by atoms with Crippen LogP contribution in [-0.2, 0) is 0 Å². The number of aromatic nitrogens is 2. The molecule has 0 amide bonds. The van der Waals surface area contributed by atoms with Crippen LogP contribution in [0.3, 0.4) is 0 Å². The van der Waals surface area contributed by atoms with Crippen molar-refractivity contribution >= 4 is 11.8 Å². The highest BCUT2D eigenvalue weighted by molar-refractivity contribution is 7.99. The normalized spacial score (nSPS) is 10.9. The summed E-state index contributed by atoms with van der Waals surface area (Å²) in [6, 6.07) is 1.50. The van der Waals surface area contributed by atoms with Crippen LogP contribution in [0.2, 0.25) is 0 Å². The number of aryl methyl sites for hydroxylation is 1. The first-order valence-electron chi connectivity index (χ1n) is 4.43. The number of nitrogens with zero attached hydrogens (tertiary/aromatic N) is 2. The first-order valence-corrected chi connectivity index (χ1v) is 5.42. The van der Waals surface area contributed by atoms with Crippen LogP contribution < -0.4 is 5.56 Å². The lowest BCUT2D eigenvalue weighted by Crippen LogP contribution is -2.15. The Hall–Kier alpha value is -0.810. The SMILES string of the molecule is Cc1cc(=O)[nH]c(SCCN(C)C)n1. The molecule has 0 aliphatic heterocycles. The van der Waals surface area contributed by atoms with Gasteiger partial charge in [-0.2, -0.15) is 0 Å². The molecule has 1 aromatic heterocycles. The van der Waals surface area contributed by atoms with E-state index in [1.54, 1.807) is 11.8 Å². The van der Waals surface area contributed by atoms with Gasteiger partial charge in [-0.25, -0.2) is 4.98 Å². The van der Waals surface area contributed by atoms with E-state index in [0.29, 0.717) is 5.16 Å². The van der Waals surface area contributed by atoms with Gasteiger partial charge in [-0.3, -0.25) is 4.79 Å². The minimum Gasteiger partial charge on any atom is -0.309 e. The van der Waals surface area contributed by atoms with Crippen LogP contribution in [0, 0.1) is 6.92 Å². The quantitative estimate of drug-likeness (QED) is 0.592. The second kappa shape index (κ2) is 5.17. The fourth-order valence-electron chi connectivity index (χ4n) is 0.945. The van der Waals surface area contributed by atoms with E-state index in [2.05, 4.69) is 14.9 Å². The maximum Gasteiger partial charge on any atom is 0.251 e. The summed E-state index contributed by atoms with van der Waals surface area (Å²) in [5, 5.41) is 0.705. The average Bonchev–Trinajstić information content (AvgIpc) is 2.01. The van der Waals surface area contributed by atoms with Crippen molar-refractivity contribution in [2.45, 2.75) is 12.1 Å². The Morgan fingerprint density at radius 2 is 2.29 bits per heavy atom. The Morgan fingerprint density at radius 1 is 1.57 bits per heavy atom. The van der Waals surface area contributed by atoms with Crippen molar-refractivity contribution in [3.05, 3.63) is 22.1 Å². The number of rotatable bonds is 4. The van der Waals surface area contributed by atoms with E-state index < -0.39 is 0 Å². The van der Waals surface area contributed by atoms with E-state index in [-0.39, 0.29) is 5.56 Å².